The summed E-state index contributed by atoms with van der Waals surface area (Å²) >= 11 is 0. The van der Waals surface area contributed by atoms with E-state index in [1.807, 2.05) is 12.1 Å². The Morgan fingerprint density at radius 1 is 1.17 bits per heavy atom. The van der Waals surface area contributed by atoms with Crippen LogP contribution in [0, 0.1) is 0 Å². The Morgan fingerprint density at radius 3 is 2.59 bits per heavy atom. The third-order valence-electron chi connectivity index (χ3n) is 4.97. The van der Waals surface area contributed by atoms with E-state index >= 15 is 0 Å². The van der Waals surface area contributed by atoms with Crippen LogP contribution in [0.25, 0.3) is 11.1 Å². The molecule has 0 N–H and O–H groups in total. The Balaban J connectivity index is 1.70. The summed E-state index contributed by atoms with van der Waals surface area (Å²) in [4.78, 5) is 18.6. The van der Waals surface area contributed by atoms with Crippen LogP contribution in [0.4, 0.5) is 6.01 Å². The van der Waals surface area contributed by atoms with E-state index in [-0.39, 0.29) is 22.2 Å². The molecule has 3 aromatic rings. The maximum Gasteiger partial charge on any atom is 0.305 e. The predicted molar refractivity (Wildman–Crippen MR) is 108 cm³/mol. The van der Waals surface area contributed by atoms with Crippen LogP contribution >= 0.6 is 0 Å². The highest BCUT2D eigenvalue weighted by atomic mass is 32.2. The molecule has 9 heteroatoms. The molecule has 0 radical (unpaired) electrons. The van der Waals surface area contributed by atoms with E-state index in [4.69, 9.17) is 9.15 Å². The Kier molecular flexibility index (Phi) is 5.01. The minimum Gasteiger partial charge on any atom is -0.495 e. The molecule has 1 amide bonds. The lowest BCUT2D eigenvalue weighted by atomic mass is 10.2. The van der Waals surface area contributed by atoms with Crippen LogP contribution in [-0.2, 0) is 10.0 Å². The molecule has 1 aliphatic heterocycles. The molecule has 152 valence electrons. The topological polar surface area (TPSA) is 93.0 Å². The lowest BCUT2D eigenvalue weighted by molar-refractivity contribution is 0.0988. The Bertz CT molecular complexity index is 1130. The largest absolute Gasteiger partial charge is 0.495 e. The summed E-state index contributed by atoms with van der Waals surface area (Å²) in [6.07, 6.45) is 1.64. The van der Waals surface area contributed by atoms with Gasteiger partial charge >= 0.3 is 6.01 Å². The zero-order valence-electron chi connectivity index (χ0n) is 16.2. The summed E-state index contributed by atoms with van der Waals surface area (Å²) in [6, 6.07) is 11.7. The number of carbonyl (C=O) groups excluding carboxylic acids is 1. The van der Waals surface area contributed by atoms with Crippen molar-refractivity contribution in [2.45, 2.75) is 17.7 Å². The van der Waals surface area contributed by atoms with Crippen LogP contribution in [-0.4, -0.2) is 50.9 Å². The fourth-order valence-corrected chi connectivity index (χ4v) is 5.06. The monoisotopic (exact) mass is 415 g/mol. The van der Waals surface area contributed by atoms with Gasteiger partial charge in [0.2, 0.25) is 10.0 Å². The second-order valence-corrected chi connectivity index (χ2v) is 8.71. The Morgan fingerprint density at radius 2 is 1.90 bits per heavy atom. The molecule has 1 saturated heterocycles. The SMILES string of the molecule is COc1ccc(C(=O)N(C)c2nc3ccccc3o2)cc1S(=O)(=O)N1CCCC1. The molecule has 0 atom stereocenters. The van der Waals surface area contributed by atoms with Crippen molar-refractivity contribution in [1.82, 2.24) is 9.29 Å². The molecule has 1 fully saturated rings. The van der Waals surface area contributed by atoms with Gasteiger partial charge in [-0.25, -0.2) is 8.42 Å². The van der Waals surface area contributed by atoms with Gasteiger partial charge < -0.3 is 9.15 Å². The van der Waals surface area contributed by atoms with Crippen molar-refractivity contribution >= 4 is 33.0 Å². The first-order chi connectivity index (χ1) is 13.9. The average molecular weight is 415 g/mol. The third-order valence-corrected chi connectivity index (χ3v) is 6.89. The van der Waals surface area contributed by atoms with E-state index in [1.54, 1.807) is 12.1 Å². The smallest absolute Gasteiger partial charge is 0.305 e. The number of carbonyl (C=O) groups is 1. The van der Waals surface area contributed by atoms with Crippen LogP contribution in [0.1, 0.15) is 23.2 Å². The number of oxazole rings is 1. The van der Waals surface area contributed by atoms with Gasteiger partial charge in [0, 0.05) is 25.7 Å². The van der Waals surface area contributed by atoms with Crippen LogP contribution in [0.2, 0.25) is 0 Å². The van der Waals surface area contributed by atoms with Gasteiger partial charge in [0.1, 0.15) is 16.2 Å². The molecular formula is C20H21N3O5S. The van der Waals surface area contributed by atoms with Crippen molar-refractivity contribution in [1.29, 1.82) is 0 Å². The van der Waals surface area contributed by atoms with Crippen molar-refractivity contribution < 1.29 is 22.4 Å². The molecule has 1 aliphatic rings. The summed E-state index contributed by atoms with van der Waals surface area (Å²) in [7, 11) is -0.809. The first kappa shape index (κ1) is 19.4. The summed E-state index contributed by atoms with van der Waals surface area (Å²) < 4.78 is 38.4. The number of hydrogen-bond acceptors (Lipinski definition) is 6. The number of hydrogen-bond donors (Lipinski definition) is 0. The maximum atomic E-state index is 13.0. The average Bonchev–Trinajstić information content (AvgIpc) is 3.42. The summed E-state index contributed by atoms with van der Waals surface area (Å²) in [5, 5.41) is 0. The molecule has 0 spiro atoms. The van der Waals surface area contributed by atoms with Gasteiger partial charge in [-0.15, -0.1) is 0 Å². The summed E-state index contributed by atoms with van der Waals surface area (Å²) in [5.74, 6) is -0.227. The van der Waals surface area contributed by atoms with E-state index in [0.29, 0.717) is 24.2 Å². The highest BCUT2D eigenvalue weighted by Crippen LogP contribution is 2.31. The van der Waals surface area contributed by atoms with Crippen LogP contribution in [0.3, 0.4) is 0 Å². The Labute approximate surface area is 168 Å². The highest BCUT2D eigenvalue weighted by molar-refractivity contribution is 7.89. The molecule has 2 aromatic carbocycles. The second kappa shape index (κ2) is 7.49. The zero-order chi connectivity index (χ0) is 20.6. The number of methoxy groups -OCH3 is 1. The summed E-state index contributed by atoms with van der Waals surface area (Å²) in [5.41, 5.74) is 1.40. The number of fused-ring (bicyclic) bond motifs is 1. The van der Waals surface area contributed by atoms with Gasteiger partial charge in [-0.05, 0) is 43.2 Å². The van der Waals surface area contributed by atoms with Crippen molar-refractivity contribution in [3.63, 3.8) is 0 Å². The second-order valence-electron chi connectivity index (χ2n) is 6.81. The van der Waals surface area contributed by atoms with Gasteiger partial charge in [0.25, 0.3) is 5.91 Å². The van der Waals surface area contributed by atoms with E-state index in [2.05, 4.69) is 4.98 Å². The number of sulfonamides is 1. The lowest BCUT2D eigenvalue weighted by Crippen LogP contribution is -2.29. The molecule has 29 heavy (non-hydrogen) atoms. The molecule has 2 heterocycles. The van der Waals surface area contributed by atoms with Crippen molar-refractivity contribution in [2.75, 3.05) is 32.1 Å². The number of para-hydroxylation sites is 2. The first-order valence-corrected chi connectivity index (χ1v) is 10.7. The molecule has 0 aliphatic carbocycles. The quantitative estimate of drug-likeness (QED) is 0.636. The number of rotatable bonds is 5. The fraction of sp³-hybridized carbons (Fsp3) is 0.300. The standard InChI is InChI=1S/C20H21N3O5S/c1-22(20-21-15-7-3-4-8-16(15)28-20)19(24)14-9-10-17(27-2)18(13-14)29(25,26)23-11-5-6-12-23/h3-4,7-10,13H,5-6,11-12H2,1-2H3. The predicted octanol–water partition coefficient (Wildman–Crippen LogP) is 2.90. The lowest BCUT2D eigenvalue weighted by Gasteiger charge is -2.19. The molecular weight excluding hydrogens is 394 g/mol. The fourth-order valence-electron chi connectivity index (χ4n) is 3.36. The first-order valence-electron chi connectivity index (χ1n) is 9.23. The van der Waals surface area contributed by atoms with E-state index in [0.717, 1.165) is 12.8 Å². The van der Waals surface area contributed by atoms with Gasteiger partial charge in [-0.1, -0.05) is 12.1 Å². The minimum atomic E-state index is -3.75. The number of ether oxygens (including phenoxy) is 1. The van der Waals surface area contributed by atoms with Crippen molar-refractivity contribution in [2.24, 2.45) is 0 Å². The molecule has 4 rings (SSSR count). The zero-order valence-corrected chi connectivity index (χ0v) is 17.0. The van der Waals surface area contributed by atoms with Crippen molar-refractivity contribution in [3.8, 4) is 5.75 Å². The Hall–Kier alpha value is -2.91. The molecule has 0 saturated carbocycles. The minimum absolute atomic E-state index is 0.0151. The number of aromatic nitrogens is 1. The molecule has 0 bridgehead atoms. The number of amides is 1. The summed E-state index contributed by atoms with van der Waals surface area (Å²) in [6.45, 7) is 0.930. The van der Waals surface area contributed by atoms with Crippen LogP contribution < -0.4 is 9.64 Å². The molecule has 8 nitrogen and oxygen atoms in total. The molecule has 1 aromatic heterocycles. The van der Waals surface area contributed by atoms with Gasteiger partial charge in [-0.3, -0.25) is 9.69 Å². The van der Waals surface area contributed by atoms with E-state index in [1.165, 1.54) is 41.6 Å². The van der Waals surface area contributed by atoms with Gasteiger partial charge in [0.15, 0.2) is 5.58 Å². The van der Waals surface area contributed by atoms with Crippen LogP contribution in [0.15, 0.2) is 51.8 Å². The van der Waals surface area contributed by atoms with Crippen LogP contribution in [0.5, 0.6) is 5.75 Å². The molecule has 0 unspecified atom stereocenters. The van der Waals surface area contributed by atoms with E-state index < -0.39 is 15.9 Å². The number of nitrogens with zero attached hydrogens (tertiary/aromatic N) is 3. The normalized spacial score (nSPS) is 15.0. The van der Waals surface area contributed by atoms with Gasteiger partial charge in [-0.2, -0.15) is 9.29 Å². The number of benzene rings is 2. The van der Waals surface area contributed by atoms with E-state index in [9.17, 15) is 13.2 Å². The van der Waals surface area contributed by atoms with Crippen molar-refractivity contribution in [3.05, 3.63) is 48.0 Å². The number of anilines is 1. The van der Waals surface area contributed by atoms with Gasteiger partial charge in [0.05, 0.1) is 7.11 Å². The third kappa shape index (κ3) is 3.47. The highest BCUT2D eigenvalue weighted by Gasteiger charge is 2.31. The maximum absolute atomic E-state index is 13.0.